The third-order valence-electron chi connectivity index (χ3n) is 4.78. The van der Waals surface area contributed by atoms with Gasteiger partial charge in [-0.15, -0.1) is 10.2 Å². The van der Waals surface area contributed by atoms with Crippen LogP contribution in [-0.2, 0) is 4.79 Å². The van der Waals surface area contributed by atoms with E-state index in [0.717, 1.165) is 24.3 Å². The number of fused-ring (bicyclic) bond motifs is 1. The minimum atomic E-state index is -0.226. The van der Waals surface area contributed by atoms with Crippen molar-refractivity contribution < 1.29 is 14.4 Å². The van der Waals surface area contributed by atoms with Crippen molar-refractivity contribution in [3.05, 3.63) is 40.4 Å². The summed E-state index contributed by atoms with van der Waals surface area (Å²) in [7, 11) is 0. The summed E-state index contributed by atoms with van der Waals surface area (Å²) < 4.78 is 0. The molecule has 0 bridgehead atoms. The van der Waals surface area contributed by atoms with Crippen LogP contribution in [0, 0.1) is 0 Å². The summed E-state index contributed by atoms with van der Waals surface area (Å²) in [6.45, 7) is 0.384. The lowest BCUT2D eigenvalue weighted by Crippen LogP contribution is -2.30. The highest BCUT2D eigenvalue weighted by atomic mass is 32.1. The van der Waals surface area contributed by atoms with E-state index >= 15 is 0 Å². The quantitative estimate of drug-likeness (QED) is 0.557. The molecule has 3 amide bonds. The highest BCUT2D eigenvalue weighted by Crippen LogP contribution is 2.42. The van der Waals surface area contributed by atoms with Gasteiger partial charge in [0, 0.05) is 18.9 Å². The number of anilines is 1. The Balaban J connectivity index is 1.17. The molecule has 140 valence electrons. The first kappa shape index (κ1) is 17.8. The molecule has 1 aliphatic heterocycles. The number of nitrogens with one attached hydrogen (secondary N) is 1. The summed E-state index contributed by atoms with van der Waals surface area (Å²) >= 11 is 1.45. The summed E-state index contributed by atoms with van der Waals surface area (Å²) in [6.07, 6.45) is 4.86. The molecule has 0 radical (unpaired) electrons. The van der Waals surface area contributed by atoms with E-state index in [1.807, 2.05) is 0 Å². The van der Waals surface area contributed by atoms with Crippen LogP contribution in [0.2, 0.25) is 0 Å². The fraction of sp³-hybridized carbons (Fsp3) is 0.421. The number of benzene rings is 1. The molecule has 1 N–H and O–H groups in total. The second-order valence-electron chi connectivity index (χ2n) is 6.89. The minimum Gasteiger partial charge on any atom is -0.301 e. The molecule has 2 heterocycles. The van der Waals surface area contributed by atoms with Crippen LogP contribution in [0.4, 0.5) is 5.13 Å². The first-order chi connectivity index (χ1) is 13.1. The van der Waals surface area contributed by atoms with Crippen LogP contribution in [0.3, 0.4) is 0 Å². The van der Waals surface area contributed by atoms with Gasteiger partial charge in [-0.05, 0) is 37.8 Å². The average molecular weight is 384 g/mol. The molecule has 0 saturated heterocycles. The Morgan fingerprint density at radius 2 is 1.78 bits per heavy atom. The van der Waals surface area contributed by atoms with Gasteiger partial charge in [0.05, 0.1) is 11.1 Å². The Hall–Kier alpha value is -2.61. The molecule has 4 rings (SSSR count). The summed E-state index contributed by atoms with van der Waals surface area (Å²) in [5.41, 5.74) is 0.953. The van der Waals surface area contributed by atoms with Crippen LogP contribution in [0.1, 0.15) is 70.2 Å². The van der Waals surface area contributed by atoms with Gasteiger partial charge in [-0.25, -0.2) is 0 Å². The molecule has 1 fully saturated rings. The zero-order chi connectivity index (χ0) is 18.8. The number of carbonyl (C=O) groups is 3. The lowest BCUT2D eigenvalue weighted by atomic mass is 10.1. The van der Waals surface area contributed by atoms with Crippen LogP contribution in [0.25, 0.3) is 0 Å². The Morgan fingerprint density at radius 3 is 2.44 bits per heavy atom. The zero-order valence-corrected chi connectivity index (χ0v) is 15.6. The standard InChI is InChI=1S/C19H20N4O3S/c24-15(20-19-22-21-16(27-19)12-9-10-12)8-2-1-5-11-23-17(25)13-6-3-4-7-14(13)18(23)26/h3-4,6-7,12H,1-2,5,8-11H2,(H,20,22,24). The summed E-state index contributed by atoms with van der Waals surface area (Å²) in [6, 6.07) is 6.89. The minimum absolute atomic E-state index is 0.0748. The molecule has 27 heavy (non-hydrogen) atoms. The van der Waals surface area contributed by atoms with Crippen LogP contribution >= 0.6 is 11.3 Å². The topological polar surface area (TPSA) is 92.3 Å². The molecule has 1 aromatic heterocycles. The fourth-order valence-corrected chi connectivity index (χ4v) is 4.07. The highest BCUT2D eigenvalue weighted by Gasteiger charge is 2.34. The molecule has 0 spiro atoms. The molecule has 0 unspecified atom stereocenters. The van der Waals surface area contributed by atoms with Crippen molar-refractivity contribution >= 4 is 34.2 Å². The van der Waals surface area contributed by atoms with Gasteiger partial charge in [-0.2, -0.15) is 0 Å². The van der Waals surface area contributed by atoms with E-state index in [2.05, 4.69) is 15.5 Å². The first-order valence-corrected chi connectivity index (χ1v) is 10.0. The number of imide groups is 1. The third-order valence-corrected chi connectivity index (χ3v) is 5.78. The number of amides is 3. The van der Waals surface area contributed by atoms with E-state index in [0.29, 0.717) is 48.0 Å². The van der Waals surface area contributed by atoms with Crippen molar-refractivity contribution in [2.45, 2.75) is 44.4 Å². The monoisotopic (exact) mass is 384 g/mol. The zero-order valence-electron chi connectivity index (χ0n) is 14.8. The molecule has 7 nitrogen and oxygen atoms in total. The molecule has 0 atom stereocenters. The summed E-state index contributed by atoms with van der Waals surface area (Å²) in [4.78, 5) is 37.8. The Morgan fingerprint density at radius 1 is 1.07 bits per heavy atom. The van der Waals surface area contributed by atoms with Gasteiger partial charge in [0.2, 0.25) is 11.0 Å². The molecular weight excluding hydrogens is 364 g/mol. The number of aromatic nitrogens is 2. The van der Waals surface area contributed by atoms with Crippen molar-refractivity contribution in [3.63, 3.8) is 0 Å². The number of carbonyl (C=O) groups excluding carboxylic acids is 3. The maximum Gasteiger partial charge on any atom is 0.261 e. The average Bonchev–Trinajstić information content (AvgIpc) is 3.38. The van der Waals surface area contributed by atoms with Gasteiger partial charge >= 0.3 is 0 Å². The highest BCUT2D eigenvalue weighted by molar-refractivity contribution is 7.15. The van der Waals surface area contributed by atoms with Crippen LogP contribution in [0.15, 0.2) is 24.3 Å². The van der Waals surface area contributed by atoms with E-state index in [-0.39, 0.29) is 17.7 Å². The third kappa shape index (κ3) is 3.90. The van der Waals surface area contributed by atoms with Gasteiger partial charge < -0.3 is 5.32 Å². The van der Waals surface area contributed by atoms with Crippen molar-refractivity contribution in [3.8, 4) is 0 Å². The normalized spacial score (nSPS) is 15.9. The van der Waals surface area contributed by atoms with Crippen LogP contribution in [0.5, 0.6) is 0 Å². The lowest BCUT2D eigenvalue weighted by Gasteiger charge is -2.13. The molecule has 2 aliphatic rings. The first-order valence-electron chi connectivity index (χ1n) is 9.22. The molecule has 1 aromatic carbocycles. The van der Waals surface area contributed by atoms with Crippen molar-refractivity contribution in [1.29, 1.82) is 0 Å². The van der Waals surface area contributed by atoms with Crippen molar-refractivity contribution in [1.82, 2.24) is 15.1 Å². The predicted molar refractivity (Wildman–Crippen MR) is 101 cm³/mol. The van der Waals surface area contributed by atoms with Crippen LogP contribution < -0.4 is 5.32 Å². The maximum atomic E-state index is 12.3. The van der Waals surface area contributed by atoms with E-state index in [9.17, 15) is 14.4 Å². The number of nitrogens with zero attached hydrogens (tertiary/aromatic N) is 3. The van der Waals surface area contributed by atoms with E-state index in [4.69, 9.17) is 0 Å². The van der Waals surface area contributed by atoms with E-state index < -0.39 is 0 Å². The summed E-state index contributed by atoms with van der Waals surface area (Å²) in [5, 5.41) is 12.5. The Kier molecular flexibility index (Phi) is 4.98. The van der Waals surface area contributed by atoms with Crippen molar-refractivity contribution in [2.75, 3.05) is 11.9 Å². The predicted octanol–water partition coefficient (Wildman–Crippen LogP) is 3.21. The lowest BCUT2D eigenvalue weighted by molar-refractivity contribution is -0.116. The van der Waals surface area contributed by atoms with E-state index in [1.165, 1.54) is 16.2 Å². The summed E-state index contributed by atoms with van der Waals surface area (Å²) in [5.74, 6) is 0.0108. The molecular formula is C19H20N4O3S. The number of rotatable bonds is 8. The van der Waals surface area contributed by atoms with Gasteiger partial charge in [-0.1, -0.05) is 29.9 Å². The van der Waals surface area contributed by atoms with E-state index in [1.54, 1.807) is 24.3 Å². The largest absolute Gasteiger partial charge is 0.301 e. The van der Waals surface area contributed by atoms with Crippen LogP contribution in [-0.4, -0.2) is 39.4 Å². The molecule has 2 aromatic rings. The second-order valence-corrected chi connectivity index (χ2v) is 7.90. The second kappa shape index (κ2) is 7.56. The molecule has 1 aliphatic carbocycles. The van der Waals surface area contributed by atoms with Crippen molar-refractivity contribution in [2.24, 2.45) is 0 Å². The number of unbranched alkanes of at least 4 members (excludes halogenated alkanes) is 2. The maximum absolute atomic E-state index is 12.3. The SMILES string of the molecule is O=C(CCCCCN1C(=O)c2ccccc2C1=O)Nc1nnc(C2CC2)s1. The van der Waals surface area contributed by atoms with Gasteiger partial charge in [0.15, 0.2) is 0 Å². The number of hydrogen-bond donors (Lipinski definition) is 1. The Bertz CT molecular complexity index is 856. The number of hydrogen-bond acceptors (Lipinski definition) is 6. The van der Waals surface area contributed by atoms with Gasteiger partial charge in [-0.3, -0.25) is 19.3 Å². The Labute approximate surface area is 160 Å². The van der Waals surface area contributed by atoms with Gasteiger partial charge in [0.25, 0.3) is 11.8 Å². The van der Waals surface area contributed by atoms with Gasteiger partial charge in [0.1, 0.15) is 5.01 Å². The molecule has 8 heteroatoms. The fourth-order valence-electron chi connectivity index (χ4n) is 3.14. The smallest absolute Gasteiger partial charge is 0.261 e. The molecule has 1 saturated carbocycles.